The van der Waals surface area contributed by atoms with Gasteiger partial charge in [0, 0.05) is 17.9 Å². The van der Waals surface area contributed by atoms with Crippen molar-refractivity contribution in [3.63, 3.8) is 0 Å². The number of nitrogens with one attached hydrogen (secondary N) is 3. The first-order valence-electron chi connectivity index (χ1n) is 11.6. The van der Waals surface area contributed by atoms with Gasteiger partial charge in [0.2, 0.25) is 11.8 Å². The molecule has 0 aliphatic carbocycles. The van der Waals surface area contributed by atoms with Crippen LogP contribution in [0.3, 0.4) is 0 Å². The second kappa shape index (κ2) is 13.9. The van der Waals surface area contributed by atoms with Crippen LogP contribution in [0.5, 0.6) is 0 Å². The topological polar surface area (TPSA) is 147 Å². The van der Waals surface area contributed by atoms with E-state index in [1.165, 1.54) is 13.2 Å². The van der Waals surface area contributed by atoms with Crippen LogP contribution in [0.2, 0.25) is 0 Å². The molecule has 0 spiro atoms. The van der Waals surface area contributed by atoms with Crippen molar-refractivity contribution in [1.29, 1.82) is 0 Å². The van der Waals surface area contributed by atoms with Crippen LogP contribution in [0, 0.1) is 5.92 Å². The van der Waals surface area contributed by atoms with Gasteiger partial charge in [-0.15, -0.1) is 0 Å². The molecule has 2 rings (SSSR count). The van der Waals surface area contributed by atoms with Crippen LogP contribution in [-0.2, 0) is 19.1 Å². The predicted molar refractivity (Wildman–Crippen MR) is 127 cm³/mol. The summed E-state index contributed by atoms with van der Waals surface area (Å²) >= 11 is 0. The summed E-state index contributed by atoms with van der Waals surface area (Å²) in [7, 11) is 1.33. The Hall–Kier alpha value is -3.66. The van der Waals surface area contributed by atoms with E-state index in [0.717, 1.165) is 24.8 Å². The summed E-state index contributed by atoms with van der Waals surface area (Å²) < 4.78 is 10.5. The van der Waals surface area contributed by atoms with Crippen molar-refractivity contribution < 1.29 is 33.5 Å². The lowest BCUT2D eigenvalue weighted by Crippen LogP contribution is -2.41. The molecule has 2 aromatic rings. The van der Waals surface area contributed by atoms with Crippen LogP contribution in [0.4, 0.5) is 0 Å². The number of hydroxylamine groups is 1. The van der Waals surface area contributed by atoms with Crippen molar-refractivity contribution in [2.24, 2.45) is 5.92 Å². The number of carbonyl (C=O) groups is 4. The fourth-order valence-corrected chi connectivity index (χ4v) is 3.57. The van der Waals surface area contributed by atoms with E-state index >= 15 is 0 Å². The second-order valence-electron chi connectivity index (χ2n) is 8.19. The molecule has 1 heterocycles. The number of carbonyl (C=O) groups excluding carboxylic acids is 4. The van der Waals surface area contributed by atoms with Gasteiger partial charge in [-0.05, 0) is 37.1 Å². The van der Waals surface area contributed by atoms with E-state index in [0.29, 0.717) is 17.7 Å². The number of hydrogen-bond acceptors (Lipinski definition) is 7. The van der Waals surface area contributed by atoms with Gasteiger partial charge in [-0.2, -0.15) is 0 Å². The molecule has 0 aliphatic heterocycles. The van der Waals surface area contributed by atoms with Gasteiger partial charge in [0.25, 0.3) is 5.91 Å². The first-order chi connectivity index (χ1) is 16.8. The Bertz CT molecular complexity index is 1020. The number of rotatable bonds is 13. The summed E-state index contributed by atoms with van der Waals surface area (Å²) in [5, 5.41) is 13.9. The maximum Gasteiger partial charge on any atom is 0.312 e. The number of unbranched alkanes of at least 4 members (excludes halogenated alkanes) is 2. The van der Waals surface area contributed by atoms with Crippen molar-refractivity contribution in [2.75, 3.05) is 13.8 Å². The zero-order chi connectivity index (χ0) is 25.8. The van der Waals surface area contributed by atoms with Crippen molar-refractivity contribution in [3.8, 4) is 11.3 Å². The Kier molecular flexibility index (Phi) is 11.0. The quantitative estimate of drug-likeness (QED) is 0.112. The first kappa shape index (κ1) is 27.6. The lowest BCUT2D eigenvalue weighted by atomic mass is 9.96. The molecule has 0 saturated carbocycles. The third kappa shape index (κ3) is 8.25. The van der Waals surface area contributed by atoms with Gasteiger partial charge >= 0.3 is 5.97 Å². The zero-order valence-corrected chi connectivity index (χ0v) is 20.3. The van der Waals surface area contributed by atoms with E-state index in [9.17, 15) is 19.2 Å². The molecule has 1 aromatic heterocycles. The molecule has 1 unspecified atom stereocenters. The minimum atomic E-state index is -0.640. The van der Waals surface area contributed by atoms with Crippen molar-refractivity contribution >= 4 is 23.7 Å². The van der Waals surface area contributed by atoms with Gasteiger partial charge in [-0.1, -0.05) is 44.4 Å². The first-order valence-corrected chi connectivity index (χ1v) is 11.6. The molecule has 10 nitrogen and oxygen atoms in total. The van der Waals surface area contributed by atoms with Crippen LogP contribution in [0.25, 0.3) is 11.3 Å². The lowest BCUT2D eigenvalue weighted by molar-refractivity contribution is -0.142. The third-order valence-corrected chi connectivity index (χ3v) is 5.65. The molecule has 0 aliphatic rings. The molecule has 0 saturated heterocycles. The van der Waals surface area contributed by atoms with Gasteiger partial charge in [-0.3, -0.25) is 24.4 Å². The van der Waals surface area contributed by atoms with E-state index in [2.05, 4.69) is 10.6 Å². The predicted octanol–water partition coefficient (Wildman–Crippen LogP) is 3.12. The zero-order valence-electron chi connectivity index (χ0n) is 20.3. The van der Waals surface area contributed by atoms with Crippen LogP contribution >= 0.6 is 0 Å². The Morgan fingerprint density at radius 1 is 1.09 bits per heavy atom. The van der Waals surface area contributed by atoms with Crippen molar-refractivity contribution in [1.82, 2.24) is 16.1 Å². The number of esters is 1. The highest BCUT2D eigenvalue weighted by atomic mass is 16.5. The number of methoxy groups -OCH3 is 1. The molecule has 4 N–H and O–H groups in total. The molecule has 0 bridgehead atoms. The largest absolute Gasteiger partial charge is 0.469 e. The molecule has 10 heteroatoms. The number of amides is 3. The Morgan fingerprint density at radius 3 is 2.54 bits per heavy atom. The summed E-state index contributed by atoms with van der Waals surface area (Å²) in [5.74, 6) is -2.46. The number of benzene rings is 1. The van der Waals surface area contributed by atoms with E-state index < -0.39 is 23.7 Å². The van der Waals surface area contributed by atoms with Gasteiger partial charge in [0.15, 0.2) is 5.76 Å². The molecular formula is C25H33N3O7. The maximum atomic E-state index is 12.5. The van der Waals surface area contributed by atoms with E-state index in [4.69, 9.17) is 14.4 Å². The molecule has 3 amide bonds. The molecular weight excluding hydrogens is 454 g/mol. The number of hydrogen-bond donors (Lipinski definition) is 4. The minimum Gasteiger partial charge on any atom is -0.469 e. The standard InChI is InChI=1S/C25H33N3O7/c1-4-5-6-8-19(14-22(29)28-33)23(30)26-15-27-24(31)21-12-11-20(35-21)18-10-7-9-17(13-18)16(2)25(32)34-3/h7,9-13,16,19,33H,4-6,8,14-15H2,1-3H3,(H,26,30)(H,27,31)(H,28,29)/t16?,19-/m1/s1. The summed E-state index contributed by atoms with van der Waals surface area (Å²) in [5.41, 5.74) is 3.00. The highest BCUT2D eigenvalue weighted by Crippen LogP contribution is 2.26. The Morgan fingerprint density at radius 2 is 1.86 bits per heavy atom. The molecule has 1 aromatic carbocycles. The summed E-state index contributed by atoms with van der Waals surface area (Å²) in [6.07, 6.45) is 3.02. The summed E-state index contributed by atoms with van der Waals surface area (Å²) in [4.78, 5) is 48.3. The highest BCUT2D eigenvalue weighted by Gasteiger charge is 2.22. The summed E-state index contributed by atoms with van der Waals surface area (Å²) in [6.45, 7) is 3.63. The molecule has 2 atom stereocenters. The Labute approximate surface area is 204 Å². The van der Waals surface area contributed by atoms with Gasteiger partial charge in [0.1, 0.15) is 5.76 Å². The van der Waals surface area contributed by atoms with E-state index in [1.54, 1.807) is 36.7 Å². The molecule has 0 radical (unpaired) electrons. The van der Waals surface area contributed by atoms with Crippen LogP contribution in [-0.4, -0.2) is 42.7 Å². The fourth-order valence-electron chi connectivity index (χ4n) is 3.57. The smallest absolute Gasteiger partial charge is 0.312 e. The fraction of sp³-hybridized carbons (Fsp3) is 0.440. The maximum absolute atomic E-state index is 12.5. The Balaban J connectivity index is 1.95. The van der Waals surface area contributed by atoms with Gasteiger partial charge < -0.3 is 19.8 Å². The van der Waals surface area contributed by atoms with Gasteiger partial charge in [0.05, 0.1) is 19.7 Å². The van der Waals surface area contributed by atoms with E-state index in [1.807, 2.05) is 13.0 Å². The highest BCUT2D eigenvalue weighted by molar-refractivity contribution is 5.92. The van der Waals surface area contributed by atoms with Crippen LogP contribution < -0.4 is 16.1 Å². The van der Waals surface area contributed by atoms with E-state index in [-0.39, 0.29) is 30.7 Å². The van der Waals surface area contributed by atoms with Crippen molar-refractivity contribution in [2.45, 2.75) is 51.9 Å². The van der Waals surface area contributed by atoms with Gasteiger partial charge in [-0.25, -0.2) is 5.48 Å². The number of ether oxygens (including phenoxy) is 1. The van der Waals surface area contributed by atoms with Crippen molar-refractivity contribution in [3.05, 3.63) is 47.7 Å². The molecule has 0 fully saturated rings. The SMILES string of the molecule is CCCCC[C@H](CC(=O)NO)C(=O)NCNC(=O)c1ccc(-c2cccc(C(C)C(=O)OC)c2)o1. The molecule has 190 valence electrons. The average molecular weight is 488 g/mol. The second-order valence-corrected chi connectivity index (χ2v) is 8.19. The normalized spacial score (nSPS) is 12.3. The number of furan rings is 1. The lowest BCUT2D eigenvalue weighted by Gasteiger charge is -2.16. The monoisotopic (exact) mass is 487 g/mol. The van der Waals surface area contributed by atoms with Crippen LogP contribution in [0.1, 0.15) is 68.0 Å². The average Bonchev–Trinajstić information content (AvgIpc) is 3.37. The third-order valence-electron chi connectivity index (χ3n) is 5.65. The minimum absolute atomic E-state index is 0.0554. The van der Waals surface area contributed by atoms with Crippen LogP contribution in [0.15, 0.2) is 40.8 Å². The summed E-state index contributed by atoms with van der Waals surface area (Å²) in [6, 6.07) is 10.4. The molecule has 35 heavy (non-hydrogen) atoms.